The van der Waals surface area contributed by atoms with E-state index in [1.165, 1.54) is 0 Å². The largest absolute Gasteiger partial charge is 0.376 e. The second-order valence-electron chi connectivity index (χ2n) is 4.50. The molecule has 0 fully saturated rings. The summed E-state index contributed by atoms with van der Waals surface area (Å²) in [5.41, 5.74) is 3.41. The molecular weight excluding hydrogens is 242 g/mol. The molecule has 19 heavy (non-hydrogen) atoms. The molecule has 0 atom stereocenters. The summed E-state index contributed by atoms with van der Waals surface area (Å²) in [4.78, 5) is 12.1. The van der Waals surface area contributed by atoms with Crippen LogP contribution in [0.2, 0.25) is 0 Å². The Labute approximate surface area is 111 Å². The summed E-state index contributed by atoms with van der Waals surface area (Å²) in [6.45, 7) is 1.64. The lowest BCUT2D eigenvalue weighted by Crippen LogP contribution is -2.25. The fourth-order valence-corrected chi connectivity index (χ4v) is 2.16. The van der Waals surface area contributed by atoms with Crippen LogP contribution in [0.3, 0.4) is 0 Å². The first-order valence-corrected chi connectivity index (χ1v) is 6.30. The summed E-state index contributed by atoms with van der Waals surface area (Å²) >= 11 is 0. The van der Waals surface area contributed by atoms with Crippen LogP contribution in [-0.4, -0.2) is 22.7 Å². The van der Waals surface area contributed by atoms with Gasteiger partial charge in [-0.2, -0.15) is 5.10 Å². The second-order valence-corrected chi connectivity index (χ2v) is 4.50. The zero-order valence-electron chi connectivity index (χ0n) is 10.5. The zero-order valence-corrected chi connectivity index (χ0v) is 10.5. The highest BCUT2D eigenvalue weighted by Crippen LogP contribution is 2.17. The van der Waals surface area contributed by atoms with Crippen molar-refractivity contribution < 1.29 is 9.53 Å². The summed E-state index contributed by atoms with van der Waals surface area (Å²) in [5.74, 6) is -0.160. The fourth-order valence-electron chi connectivity index (χ4n) is 2.16. The Balaban J connectivity index is 1.69. The van der Waals surface area contributed by atoms with Crippen LogP contribution >= 0.6 is 0 Å². The number of carbonyl (C=O) groups is 1. The van der Waals surface area contributed by atoms with Crippen LogP contribution < -0.4 is 5.32 Å². The first kappa shape index (κ1) is 11.9. The lowest BCUT2D eigenvalue weighted by atomic mass is 10.1. The van der Waals surface area contributed by atoms with E-state index in [1.54, 1.807) is 0 Å². The second kappa shape index (κ2) is 5.24. The van der Waals surface area contributed by atoms with Gasteiger partial charge in [0.2, 0.25) is 0 Å². The Morgan fingerprint density at radius 3 is 3.05 bits per heavy atom. The third-order valence-electron chi connectivity index (χ3n) is 3.21. The number of carbonyl (C=O) groups excluding carboxylic acids is 1. The van der Waals surface area contributed by atoms with Crippen LogP contribution in [0.1, 0.15) is 27.3 Å². The molecule has 0 aliphatic carbocycles. The quantitative estimate of drug-likeness (QED) is 0.873. The molecule has 5 heteroatoms. The van der Waals surface area contributed by atoms with E-state index in [0.717, 1.165) is 23.2 Å². The molecule has 2 heterocycles. The molecule has 0 unspecified atom stereocenters. The minimum absolute atomic E-state index is 0.160. The highest BCUT2D eigenvalue weighted by atomic mass is 16.5. The van der Waals surface area contributed by atoms with E-state index in [1.807, 2.05) is 30.3 Å². The molecule has 0 spiro atoms. The third-order valence-corrected chi connectivity index (χ3v) is 3.21. The van der Waals surface area contributed by atoms with Crippen molar-refractivity contribution in [3.05, 3.63) is 52.8 Å². The average molecular weight is 257 g/mol. The SMILES string of the molecule is O=C(NCc1ccccc1)c1n[nH]c2c1COCC2. The minimum atomic E-state index is -0.160. The van der Waals surface area contributed by atoms with E-state index in [2.05, 4.69) is 15.5 Å². The maximum atomic E-state index is 12.1. The molecular formula is C14H15N3O2. The molecule has 1 aromatic carbocycles. The van der Waals surface area contributed by atoms with Gasteiger partial charge in [0.15, 0.2) is 5.69 Å². The molecule has 3 rings (SSSR count). The van der Waals surface area contributed by atoms with Crippen molar-refractivity contribution in [1.29, 1.82) is 0 Å². The molecule has 0 bridgehead atoms. The Morgan fingerprint density at radius 1 is 1.37 bits per heavy atom. The summed E-state index contributed by atoms with van der Waals surface area (Å²) in [6, 6.07) is 9.80. The van der Waals surface area contributed by atoms with Crippen molar-refractivity contribution in [3.8, 4) is 0 Å². The fraction of sp³-hybridized carbons (Fsp3) is 0.286. The number of rotatable bonds is 3. The highest BCUT2D eigenvalue weighted by molar-refractivity contribution is 5.93. The van der Waals surface area contributed by atoms with Crippen molar-refractivity contribution >= 4 is 5.91 Å². The molecule has 0 saturated carbocycles. The molecule has 5 nitrogen and oxygen atoms in total. The van der Waals surface area contributed by atoms with E-state index in [4.69, 9.17) is 4.74 Å². The minimum Gasteiger partial charge on any atom is -0.376 e. The van der Waals surface area contributed by atoms with Gasteiger partial charge in [0, 0.05) is 24.2 Å². The van der Waals surface area contributed by atoms with Crippen LogP contribution in [-0.2, 0) is 24.3 Å². The van der Waals surface area contributed by atoms with Gasteiger partial charge in [-0.1, -0.05) is 30.3 Å². The zero-order chi connectivity index (χ0) is 13.1. The number of aromatic nitrogens is 2. The average Bonchev–Trinajstić information content (AvgIpc) is 2.90. The molecule has 0 radical (unpaired) electrons. The van der Waals surface area contributed by atoms with Crippen molar-refractivity contribution in [2.75, 3.05) is 6.61 Å². The molecule has 98 valence electrons. The molecule has 1 amide bonds. The molecule has 2 N–H and O–H groups in total. The van der Waals surface area contributed by atoms with Gasteiger partial charge in [0.05, 0.1) is 13.2 Å². The van der Waals surface area contributed by atoms with Gasteiger partial charge in [0.25, 0.3) is 5.91 Å². The van der Waals surface area contributed by atoms with Gasteiger partial charge in [-0.05, 0) is 5.56 Å². The van der Waals surface area contributed by atoms with Gasteiger partial charge in [-0.3, -0.25) is 9.89 Å². The molecule has 1 aliphatic rings. The summed E-state index contributed by atoms with van der Waals surface area (Å²) < 4.78 is 5.37. The monoisotopic (exact) mass is 257 g/mol. The summed E-state index contributed by atoms with van der Waals surface area (Å²) in [6.07, 6.45) is 0.786. The number of nitrogens with one attached hydrogen (secondary N) is 2. The van der Waals surface area contributed by atoms with Crippen LogP contribution in [0, 0.1) is 0 Å². The number of benzene rings is 1. The van der Waals surface area contributed by atoms with Crippen molar-refractivity contribution in [1.82, 2.24) is 15.5 Å². The van der Waals surface area contributed by atoms with Gasteiger partial charge < -0.3 is 10.1 Å². The number of hydrogen-bond acceptors (Lipinski definition) is 3. The van der Waals surface area contributed by atoms with Crippen molar-refractivity contribution in [2.24, 2.45) is 0 Å². The number of aromatic amines is 1. The highest BCUT2D eigenvalue weighted by Gasteiger charge is 2.21. The van der Waals surface area contributed by atoms with Crippen molar-refractivity contribution in [2.45, 2.75) is 19.6 Å². The van der Waals surface area contributed by atoms with E-state index in [9.17, 15) is 4.79 Å². The Kier molecular flexibility index (Phi) is 3.29. The maximum Gasteiger partial charge on any atom is 0.272 e. The molecule has 1 aromatic heterocycles. The Bertz CT molecular complexity index is 578. The predicted molar refractivity (Wildman–Crippen MR) is 69.6 cm³/mol. The molecule has 2 aromatic rings. The normalized spacial score (nSPS) is 13.9. The van der Waals surface area contributed by atoms with Crippen molar-refractivity contribution in [3.63, 3.8) is 0 Å². The van der Waals surface area contributed by atoms with Crippen LogP contribution in [0.4, 0.5) is 0 Å². The van der Waals surface area contributed by atoms with E-state index in [0.29, 0.717) is 25.5 Å². The number of hydrogen-bond donors (Lipinski definition) is 2. The number of H-pyrrole nitrogens is 1. The van der Waals surface area contributed by atoms with Gasteiger partial charge >= 0.3 is 0 Å². The summed E-state index contributed by atoms with van der Waals surface area (Å²) in [7, 11) is 0. The Morgan fingerprint density at radius 2 is 2.21 bits per heavy atom. The standard InChI is InChI=1S/C14H15N3O2/c18-14(15-8-10-4-2-1-3-5-10)13-11-9-19-7-6-12(11)16-17-13/h1-5H,6-9H2,(H,15,18)(H,16,17). The van der Waals surface area contributed by atoms with E-state index < -0.39 is 0 Å². The lowest BCUT2D eigenvalue weighted by Gasteiger charge is -2.12. The summed E-state index contributed by atoms with van der Waals surface area (Å²) in [5, 5.41) is 9.88. The van der Waals surface area contributed by atoms with Gasteiger partial charge in [-0.15, -0.1) is 0 Å². The van der Waals surface area contributed by atoms with Crippen LogP contribution in [0.5, 0.6) is 0 Å². The maximum absolute atomic E-state index is 12.1. The van der Waals surface area contributed by atoms with Crippen LogP contribution in [0.15, 0.2) is 30.3 Å². The van der Waals surface area contributed by atoms with Crippen LogP contribution in [0.25, 0.3) is 0 Å². The smallest absolute Gasteiger partial charge is 0.272 e. The van der Waals surface area contributed by atoms with E-state index in [-0.39, 0.29) is 5.91 Å². The van der Waals surface area contributed by atoms with E-state index >= 15 is 0 Å². The molecule has 0 saturated heterocycles. The lowest BCUT2D eigenvalue weighted by molar-refractivity contribution is 0.0922. The number of nitrogens with zero attached hydrogens (tertiary/aromatic N) is 1. The number of ether oxygens (including phenoxy) is 1. The van der Waals surface area contributed by atoms with Gasteiger partial charge in [0.1, 0.15) is 0 Å². The number of fused-ring (bicyclic) bond motifs is 1. The Hall–Kier alpha value is -2.14. The molecule has 1 aliphatic heterocycles. The first-order valence-electron chi connectivity index (χ1n) is 6.30. The third kappa shape index (κ3) is 2.51. The van der Waals surface area contributed by atoms with Gasteiger partial charge in [-0.25, -0.2) is 0 Å². The predicted octanol–water partition coefficient (Wildman–Crippen LogP) is 1.41. The first-order chi connectivity index (χ1) is 9.34. The topological polar surface area (TPSA) is 67.0 Å². The number of amides is 1.